The maximum Gasteiger partial charge on any atom is 0.222 e. The van der Waals surface area contributed by atoms with E-state index in [0.29, 0.717) is 13.0 Å². The zero-order chi connectivity index (χ0) is 19.5. The molecule has 2 rings (SSSR count). The normalized spacial score (nSPS) is 10.8. The Kier molecular flexibility index (Phi) is 8.96. The lowest BCUT2D eigenvalue weighted by atomic mass is 10.1. The molecule has 0 saturated carbocycles. The van der Waals surface area contributed by atoms with Crippen molar-refractivity contribution in [2.75, 3.05) is 13.7 Å². The second-order valence-corrected chi connectivity index (χ2v) is 7.10. The number of ether oxygens (including phenoxy) is 1. The molecule has 0 aliphatic rings. The quantitative estimate of drug-likeness (QED) is 0.478. The highest BCUT2D eigenvalue weighted by Crippen LogP contribution is 2.16. The third-order valence-electron chi connectivity index (χ3n) is 4.89. The number of amides is 1. The van der Waals surface area contributed by atoms with Crippen LogP contribution in [0.2, 0.25) is 0 Å². The van der Waals surface area contributed by atoms with Crippen molar-refractivity contribution in [2.24, 2.45) is 0 Å². The second-order valence-electron chi connectivity index (χ2n) is 7.10. The predicted octanol–water partition coefficient (Wildman–Crippen LogP) is 5.25. The van der Waals surface area contributed by atoms with E-state index < -0.39 is 0 Å². The maximum atomic E-state index is 12.7. The summed E-state index contributed by atoms with van der Waals surface area (Å²) in [5.74, 6) is 1.16. The van der Waals surface area contributed by atoms with Crippen molar-refractivity contribution in [2.45, 2.75) is 65.5 Å². The Labute approximate surface area is 164 Å². The monoisotopic (exact) mass is 370 g/mol. The molecule has 0 aliphatic carbocycles. The van der Waals surface area contributed by atoms with Gasteiger partial charge in [0.15, 0.2) is 0 Å². The van der Waals surface area contributed by atoms with Crippen LogP contribution in [0.25, 0.3) is 0 Å². The van der Waals surface area contributed by atoms with E-state index in [1.807, 2.05) is 17.0 Å². The topological polar surface area (TPSA) is 34.5 Å². The number of unbranched alkanes of at least 4 members (excludes halogenated alkanes) is 3. The first-order valence-electron chi connectivity index (χ1n) is 10.2. The van der Waals surface area contributed by atoms with E-state index in [4.69, 9.17) is 4.74 Å². The van der Waals surface area contributed by atoms with Gasteiger partial charge in [-0.1, -0.05) is 45.2 Å². The first kappa shape index (κ1) is 21.1. The van der Waals surface area contributed by atoms with E-state index in [0.717, 1.165) is 50.9 Å². The fourth-order valence-electron chi connectivity index (χ4n) is 3.24. The lowest BCUT2D eigenvalue weighted by Gasteiger charge is -2.24. The van der Waals surface area contributed by atoms with Gasteiger partial charge in [-0.2, -0.15) is 0 Å². The van der Waals surface area contributed by atoms with Gasteiger partial charge in [-0.25, -0.2) is 0 Å². The molecule has 1 aromatic heterocycles. The summed E-state index contributed by atoms with van der Waals surface area (Å²) in [4.78, 5) is 14.7. The standard InChI is InChI=1S/C23H34N2O2/c1-4-6-8-14-23(26)25(15-7-5-2)19-21-12-10-16-24(21)18-20-11-9-13-22(17-20)27-3/h9-13,16-17H,4-8,14-15,18-19H2,1-3H3. The van der Waals surface area contributed by atoms with Crippen molar-refractivity contribution >= 4 is 5.91 Å². The third-order valence-corrected chi connectivity index (χ3v) is 4.89. The first-order chi connectivity index (χ1) is 13.2. The Balaban J connectivity index is 2.06. The third kappa shape index (κ3) is 6.78. The van der Waals surface area contributed by atoms with E-state index in [-0.39, 0.29) is 5.91 Å². The van der Waals surface area contributed by atoms with Crippen LogP contribution < -0.4 is 4.74 Å². The molecule has 0 bridgehead atoms. The molecule has 0 saturated heterocycles. The number of nitrogens with zero attached hydrogens (tertiary/aromatic N) is 2. The van der Waals surface area contributed by atoms with Gasteiger partial charge >= 0.3 is 0 Å². The summed E-state index contributed by atoms with van der Waals surface area (Å²) < 4.78 is 7.56. The summed E-state index contributed by atoms with van der Waals surface area (Å²) in [5, 5.41) is 0. The molecule has 27 heavy (non-hydrogen) atoms. The van der Waals surface area contributed by atoms with Crippen LogP contribution in [0, 0.1) is 0 Å². The zero-order valence-corrected chi connectivity index (χ0v) is 17.1. The van der Waals surface area contributed by atoms with Crippen molar-refractivity contribution in [1.29, 1.82) is 0 Å². The Bertz CT molecular complexity index is 693. The highest BCUT2D eigenvalue weighted by atomic mass is 16.5. The molecule has 1 amide bonds. The lowest BCUT2D eigenvalue weighted by Crippen LogP contribution is -2.32. The van der Waals surface area contributed by atoms with E-state index in [9.17, 15) is 4.79 Å². The summed E-state index contributed by atoms with van der Waals surface area (Å²) in [6.07, 6.45) is 8.16. The molecule has 0 fully saturated rings. The minimum absolute atomic E-state index is 0.283. The summed E-state index contributed by atoms with van der Waals surface area (Å²) in [5.41, 5.74) is 2.37. The van der Waals surface area contributed by atoms with Gasteiger partial charge in [-0.05, 0) is 42.7 Å². The summed E-state index contributed by atoms with van der Waals surface area (Å²) >= 11 is 0. The SMILES string of the molecule is CCCCCC(=O)N(CCCC)Cc1cccn1Cc1cccc(OC)c1. The molecule has 0 atom stereocenters. The lowest BCUT2D eigenvalue weighted by molar-refractivity contribution is -0.132. The molecule has 0 radical (unpaired) electrons. The van der Waals surface area contributed by atoms with Crippen molar-refractivity contribution < 1.29 is 9.53 Å². The van der Waals surface area contributed by atoms with Crippen LogP contribution in [-0.2, 0) is 17.9 Å². The fourth-order valence-corrected chi connectivity index (χ4v) is 3.24. The van der Waals surface area contributed by atoms with Crippen molar-refractivity contribution in [3.05, 3.63) is 53.9 Å². The smallest absolute Gasteiger partial charge is 0.222 e. The molecular formula is C23H34N2O2. The number of carbonyl (C=O) groups excluding carboxylic acids is 1. The molecule has 0 N–H and O–H groups in total. The zero-order valence-electron chi connectivity index (χ0n) is 17.1. The van der Waals surface area contributed by atoms with Crippen LogP contribution >= 0.6 is 0 Å². The number of rotatable bonds is 12. The minimum atomic E-state index is 0.283. The Morgan fingerprint density at radius 3 is 2.63 bits per heavy atom. The average Bonchev–Trinajstić information content (AvgIpc) is 3.11. The van der Waals surface area contributed by atoms with Gasteiger partial charge in [0, 0.05) is 31.4 Å². The van der Waals surface area contributed by atoms with Crippen molar-refractivity contribution in [3.63, 3.8) is 0 Å². The van der Waals surface area contributed by atoms with E-state index in [1.165, 1.54) is 11.3 Å². The Hall–Kier alpha value is -2.23. The van der Waals surface area contributed by atoms with Crippen LogP contribution in [0.4, 0.5) is 0 Å². The highest BCUT2D eigenvalue weighted by molar-refractivity contribution is 5.76. The van der Waals surface area contributed by atoms with E-state index in [1.54, 1.807) is 7.11 Å². The van der Waals surface area contributed by atoms with Gasteiger partial charge < -0.3 is 14.2 Å². The number of carbonyl (C=O) groups is 1. The summed E-state index contributed by atoms with van der Waals surface area (Å²) in [7, 11) is 1.69. The van der Waals surface area contributed by atoms with Crippen LogP contribution in [0.15, 0.2) is 42.6 Å². The summed E-state index contributed by atoms with van der Waals surface area (Å²) in [6, 6.07) is 12.3. The van der Waals surface area contributed by atoms with Crippen LogP contribution in [0.5, 0.6) is 5.75 Å². The number of benzene rings is 1. The molecule has 1 heterocycles. The molecule has 148 valence electrons. The van der Waals surface area contributed by atoms with Crippen LogP contribution in [0.3, 0.4) is 0 Å². The molecule has 1 aromatic carbocycles. The van der Waals surface area contributed by atoms with Gasteiger partial charge in [0.05, 0.1) is 13.7 Å². The van der Waals surface area contributed by atoms with E-state index >= 15 is 0 Å². The molecule has 2 aromatic rings. The second kappa shape index (κ2) is 11.5. The molecule has 0 aliphatic heterocycles. The van der Waals surface area contributed by atoms with Crippen molar-refractivity contribution in [1.82, 2.24) is 9.47 Å². The number of hydrogen-bond acceptors (Lipinski definition) is 2. The van der Waals surface area contributed by atoms with Crippen LogP contribution in [-0.4, -0.2) is 29.0 Å². The van der Waals surface area contributed by atoms with E-state index in [2.05, 4.69) is 48.9 Å². The largest absolute Gasteiger partial charge is 0.497 e. The predicted molar refractivity (Wildman–Crippen MR) is 111 cm³/mol. The molecule has 4 nitrogen and oxygen atoms in total. The van der Waals surface area contributed by atoms with Gasteiger partial charge in [0.1, 0.15) is 5.75 Å². The number of aromatic nitrogens is 1. The maximum absolute atomic E-state index is 12.7. The van der Waals surface area contributed by atoms with Gasteiger partial charge in [-0.15, -0.1) is 0 Å². The molecule has 0 unspecified atom stereocenters. The molecule has 0 spiro atoms. The van der Waals surface area contributed by atoms with Gasteiger partial charge in [0.25, 0.3) is 0 Å². The Morgan fingerprint density at radius 2 is 1.89 bits per heavy atom. The highest BCUT2D eigenvalue weighted by Gasteiger charge is 2.15. The Morgan fingerprint density at radius 1 is 1.07 bits per heavy atom. The number of hydrogen-bond donors (Lipinski definition) is 0. The van der Waals surface area contributed by atoms with Gasteiger partial charge in [0.2, 0.25) is 5.91 Å². The minimum Gasteiger partial charge on any atom is -0.497 e. The molecular weight excluding hydrogens is 336 g/mol. The van der Waals surface area contributed by atoms with Crippen molar-refractivity contribution in [3.8, 4) is 5.75 Å². The fraction of sp³-hybridized carbons (Fsp3) is 0.522. The molecule has 4 heteroatoms. The average molecular weight is 371 g/mol. The first-order valence-corrected chi connectivity index (χ1v) is 10.2. The van der Waals surface area contributed by atoms with Gasteiger partial charge in [-0.3, -0.25) is 4.79 Å². The summed E-state index contributed by atoms with van der Waals surface area (Å²) in [6.45, 7) is 6.65. The number of methoxy groups -OCH3 is 1. The van der Waals surface area contributed by atoms with Crippen LogP contribution in [0.1, 0.15) is 63.6 Å².